The average Bonchev–Trinajstić information content (AvgIpc) is 2.85. The van der Waals surface area contributed by atoms with Crippen molar-refractivity contribution in [1.29, 1.82) is 0 Å². The quantitative estimate of drug-likeness (QED) is 0.233. The van der Waals surface area contributed by atoms with Crippen molar-refractivity contribution in [2.45, 2.75) is 12.8 Å². The van der Waals surface area contributed by atoms with Gasteiger partial charge in [-0.15, -0.1) is 0 Å². The fourth-order valence-corrected chi connectivity index (χ4v) is 3.63. The number of para-hydroxylation sites is 1. The van der Waals surface area contributed by atoms with E-state index >= 15 is 0 Å². The molecule has 0 atom stereocenters. The van der Waals surface area contributed by atoms with Crippen molar-refractivity contribution in [1.82, 2.24) is 15.0 Å². The van der Waals surface area contributed by atoms with E-state index in [2.05, 4.69) is 15.0 Å². The number of nitrogens with zero attached hydrogens (tertiary/aromatic N) is 4. The number of ketones is 1. The first kappa shape index (κ1) is 22.7. The van der Waals surface area contributed by atoms with E-state index in [0.29, 0.717) is 28.9 Å². The van der Waals surface area contributed by atoms with Crippen LogP contribution in [0.4, 0.5) is 11.5 Å². The molecule has 2 aromatic heterocycles. The van der Waals surface area contributed by atoms with Crippen LogP contribution in [0.15, 0.2) is 73.2 Å². The summed E-state index contributed by atoms with van der Waals surface area (Å²) in [5.41, 5.74) is 15.6. The second kappa shape index (κ2) is 9.97. The van der Waals surface area contributed by atoms with Gasteiger partial charge in [0.1, 0.15) is 5.69 Å². The second-order valence-electron chi connectivity index (χ2n) is 7.68. The van der Waals surface area contributed by atoms with Gasteiger partial charge >= 0.3 is 0 Å². The first-order valence-corrected chi connectivity index (χ1v) is 10.6. The molecule has 4 aromatic rings. The number of aromatic nitrogens is 3. The van der Waals surface area contributed by atoms with Gasteiger partial charge in [-0.2, -0.15) is 0 Å². The summed E-state index contributed by atoms with van der Waals surface area (Å²) in [6.07, 6.45) is 5.34. The number of Topliss-reactive ketones (excluding diaryl/α,β-unsaturated/α-hetero) is 1. The smallest absolute Gasteiger partial charge is 0.277 e. The molecular weight excluding hydrogens is 432 g/mol. The first-order chi connectivity index (χ1) is 16.5. The predicted octanol–water partition coefficient (Wildman–Crippen LogP) is 3.62. The molecule has 0 fully saturated rings. The van der Waals surface area contributed by atoms with Gasteiger partial charge in [-0.05, 0) is 36.2 Å². The Hall–Kier alpha value is -4.50. The summed E-state index contributed by atoms with van der Waals surface area (Å²) in [7, 11) is 0. The van der Waals surface area contributed by atoms with Crippen LogP contribution < -0.4 is 11.5 Å². The van der Waals surface area contributed by atoms with Gasteiger partial charge in [-0.25, -0.2) is 9.97 Å². The minimum atomic E-state index is -0.447. The standard InChI is InChI=1S/C25H22N6O3/c26-10-9-16-5-7-18(8-6-16)21-15-29-25(27)24(30-21)23(32)12-17-11-19(14-28-13-17)20-3-1-2-4-22(20)31(33)34/h1-8,11,13-15H,9-10,12,26H2,(H2,27,29). The third kappa shape index (κ3) is 4.94. The highest BCUT2D eigenvalue weighted by Gasteiger charge is 2.18. The average molecular weight is 454 g/mol. The maximum atomic E-state index is 13.0. The number of nitro benzene ring substituents is 1. The molecule has 34 heavy (non-hydrogen) atoms. The zero-order valence-electron chi connectivity index (χ0n) is 18.2. The van der Waals surface area contributed by atoms with E-state index in [0.717, 1.165) is 17.5 Å². The molecule has 0 spiro atoms. The Morgan fingerprint density at radius 3 is 2.47 bits per heavy atom. The van der Waals surface area contributed by atoms with E-state index in [1.54, 1.807) is 30.5 Å². The highest BCUT2D eigenvalue weighted by molar-refractivity contribution is 5.99. The number of carbonyl (C=O) groups excluding carboxylic acids is 1. The number of hydrogen-bond donors (Lipinski definition) is 2. The Bertz CT molecular complexity index is 1360. The lowest BCUT2D eigenvalue weighted by atomic mass is 10.0. The van der Waals surface area contributed by atoms with Crippen molar-refractivity contribution in [3.05, 3.63) is 100 Å². The van der Waals surface area contributed by atoms with E-state index in [1.165, 1.54) is 18.5 Å². The predicted molar refractivity (Wildman–Crippen MR) is 129 cm³/mol. The van der Waals surface area contributed by atoms with Crippen molar-refractivity contribution >= 4 is 17.3 Å². The van der Waals surface area contributed by atoms with E-state index < -0.39 is 4.92 Å². The number of pyridine rings is 1. The van der Waals surface area contributed by atoms with Crippen LogP contribution in [0.1, 0.15) is 21.6 Å². The van der Waals surface area contributed by atoms with Crippen LogP contribution in [-0.2, 0) is 12.8 Å². The van der Waals surface area contributed by atoms with Crippen molar-refractivity contribution < 1.29 is 9.72 Å². The Kier molecular flexibility index (Phi) is 6.65. The van der Waals surface area contributed by atoms with Gasteiger partial charge in [0, 0.05) is 36.0 Å². The minimum absolute atomic E-state index is 0.0285. The van der Waals surface area contributed by atoms with Crippen molar-refractivity contribution in [2.75, 3.05) is 12.3 Å². The largest absolute Gasteiger partial charge is 0.382 e. The van der Waals surface area contributed by atoms with Gasteiger partial charge in [-0.3, -0.25) is 19.9 Å². The molecule has 0 aliphatic carbocycles. The molecule has 0 bridgehead atoms. The molecule has 4 N–H and O–H groups in total. The third-order valence-electron chi connectivity index (χ3n) is 5.32. The van der Waals surface area contributed by atoms with E-state index in [9.17, 15) is 14.9 Å². The second-order valence-corrected chi connectivity index (χ2v) is 7.68. The van der Waals surface area contributed by atoms with Crippen molar-refractivity contribution in [3.63, 3.8) is 0 Å². The lowest BCUT2D eigenvalue weighted by molar-refractivity contribution is -0.384. The molecule has 0 radical (unpaired) electrons. The maximum Gasteiger partial charge on any atom is 0.277 e. The first-order valence-electron chi connectivity index (χ1n) is 10.6. The Balaban J connectivity index is 1.60. The molecule has 4 rings (SSSR count). The summed E-state index contributed by atoms with van der Waals surface area (Å²) in [5.74, 6) is -0.288. The number of nitrogens with two attached hydrogens (primary N) is 2. The lowest BCUT2D eigenvalue weighted by Crippen LogP contribution is -2.12. The zero-order valence-corrected chi connectivity index (χ0v) is 18.2. The number of benzene rings is 2. The summed E-state index contributed by atoms with van der Waals surface area (Å²) in [6.45, 7) is 0.563. The highest BCUT2D eigenvalue weighted by Crippen LogP contribution is 2.29. The summed E-state index contributed by atoms with van der Waals surface area (Å²) in [4.78, 5) is 36.8. The zero-order chi connectivity index (χ0) is 24.1. The molecule has 0 amide bonds. The number of anilines is 1. The molecule has 0 aliphatic rings. The van der Waals surface area contributed by atoms with Crippen LogP contribution in [0.5, 0.6) is 0 Å². The van der Waals surface area contributed by atoms with E-state index in [1.807, 2.05) is 24.3 Å². The molecular formula is C25H22N6O3. The van der Waals surface area contributed by atoms with Gasteiger partial charge in [0.05, 0.1) is 22.4 Å². The molecule has 9 heteroatoms. The highest BCUT2D eigenvalue weighted by atomic mass is 16.6. The van der Waals surface area contributed by atoms with Crippen LogP contribution >= 0.6 is 0 Å². The number of hydrogen-bond acceptors (Lipinski definition) is 8. The summed E-state index contributed by atoms with van der Waals surface area (Å²) in [6, 6.07) is 15.8. The topological polar surface area (TPSA) is 151 Å². The summed E-state index contributed by atoms with van der Waals surface area (Å²) in [5, 5.41) is 11.4. The summed E-state index contributed by atoms with van der Waals surface area (Å²) >= 11 is 0. The lowest BCUT2D eigenvalue weighted by Gasteiger charge is -2.08. The molecule has 0 aliphatic heterocycles. The Morgan fingerprint density at radius 2 is 1.74 bits per heavy atom. The molecule has 170 valence electrons. The van der Waals surface area contributed by atoms with E-state index in [-0.39, 0.29) is 29.4 Å². The Labute approximate surface area is 195 Å². The fourth-order valence-electron chi connectivity index (χ4n) is 3.63. The van der Waals surface area contributed by atoms with Gasteiger partial charge in [-0.1, -0.05) is 36.4 Å². The molecule has 9 nitrogen and oxygen atoms in total. The Morgan fingerprint density at radius 1 is 0.971 bits per heavy atom. The van der Waals surface area contributed by atoms with Gasteiger partial charge in [0.15, 0.2) is 11.6 Å². The monoisotopic (exact) mass is 454 g/mol. The molecule has 0 unspecified atom stereocenters. The van der Waals surface area contributed by atoms with Crippen molar-refractivity contribution in [3.8, 4) is 22.4 Å². The number of nitro groups is 1. The molecule has 2 aromatic carbocycles. The van der Waals surface area contributed by atoms with E-state index in [4.69, 9.17) is 11.5 Å². The minimum Gasteiger partial charge on any atom is -0.382 e. The SMILES string of the molecule is NCCc1ccc(-c2cnc(N)c(C(=O)Cc3cncc(-c4ccccc4[N+](=O)[O-])c3)n2)cc1. The van der Waals surface area contributed by atoms with Crippen LogP contribution in [-0.4, -0.2) is 32.2 Å². The maximum absolute atomic E-state index is 13.0. The van der Waals surface area contributed by atoms with Crippen LogP contribution in [0, 0.1) is 10.1 Å². The van der Waals surface area contributed by atoms with Gasteiger partial charge < -0.3 is 11.5 Å². The summed E-state index contributed by atoms with van der Waals surface area (Å²) < 4.78 is 0. The normalized spacial score (nSPS) is 10.7. The molecule has 0 saturated heterocycles. The number of carbonyl (C=O) groups is 1. The van der Waals surface area contributed by atoms with Crippen LogP contribution in [0.2, 0.25) is 0 Å². The van der Waals surface area contributed by atoms with Crippen LogP contribution in [0.3, 0.4) is 0 Å². The van der Waals surface area contributed by atoms with Gasteiger partial charge in [0.2, 0.25) is 0 Å². The molecule has 0 saturated carbocycles. The number of nitrogen functional groups attached to an aromatic ring is 1. The fraction of sp³-hybridized carbons (Fsp3) is 0.120. The third-order valence-corrected chi connectivity index (χ3v) is 5.32. The molecule has 2 heterocycles. The van der Waals surface area contributed by atoms with Crippen LogP contribution in [0.25, 0.3) is 22.4 Å². The van der Waals surface area contributed by atoms with Crippen molar-refractivity contribution in [2.24, 2.45) is 5.73 Å². The van der Waals surface area contributed by atoms with Gasteiger partial charge in [0.25, 0.3) is 5.69 Å². The number of rotatable bonds is 8.